The number of carbonyl (C=O) groups is 1. The molecule has 0 saturated heterocycles. The topological polar surface area (TPSA) is 83.5 Å². The van der Waals surface area contributed by atoms with Gasteiger partial charge in [-0.3, -0.25) is 4.79 Å². The number of esters is 1. The van der Waals surface area contributed by atoms with Gasteiger partial charge in [0.05, 0.1) is 7.11 Å². The smallest absolute Gasteiger partial charge is 0.343 e. The molecule has 0 atom stereocenters. The predicted molar refractivity (Wildman–Crippen MR) is 121 cm³/mol. The molecule has 1 aromatic heterocycles. The minimum Gasteiger partial charge on any atom is -0.482 e. The number of nitrogens with zero attached hydrogens (tertiary/aromatic N) is 1. The highest BCUT2D eigenvalue weighted by atomic mass is 35.5. The maximum Gasteiger partial charge on any atom is 0.343 e. The van der Waals surface area contributed by atoms with Crippen molar-refractivity contribution in [2.45, 2.75) is 26.9 Å². The zero-order valence-corrected chi connectivity index (χ0v) is 18.2. The first-order valence-electron chi connectivity index (χ1n) is 9.60. The normalized spacial score (nSPS) is 10.7. The molecule has 0 amide bonds. The van der Waals surface area contributed by atoms with Crippen molar-refractivity contribution in [1.29, 1.82) is 0 Å². The van der Waals surface area contributed by atoms with E-state index in [2.05, 4.69) is 18.6 Å². The van der Waals surface area contributed by atoms with Crippen molar-refractivity contribution in [2.75, 3.05) is 13.7 Å². The van der Waals surface area contributed by atoms with Crippen LogP contribution in [0.4, 0.5) is 0 Å². The number of nitrogens with two attached hydrogens (primary N) is 1. The van der Waals surface area contributed by atoms with Crippen LogP contribution in [0, 0.1) is 5.92 Å². The van der Waals surface area contributed by atoms with Crippen molar-refractivity contribution in [2.24, 2.45) is 11.7 Å². The Morgan fingerprint density at radius 2 is 1.80 bits per heavy atom. The van der Waals surface area contributed by atoms with E-state index in [1.807, 2.05) is 30.3 Å². The molecular formula is C23H27ClN2O4. The fourth-order valence-corrected chi connectivity index (χ4v) is 3.46. The van der Waals surface area contributed by atoms with Gasteiger partial charge in [0, 0.05) is 35.1 Å². The molecule has 30 heavy (non-hydrogen) atoms. The van der Waals surface area contributed by atoms with Gasteiger partial charge < -0.3 is 19.8 Å². The van der Waals surface area contributed by atoms with Crippen LogP contribution < -0.4 is 16.0 Å². The summed E-state index contributed by atoms with van der Waals surface area (Å²) in [5, 5.41) is 1.34. The number of aromatic nitrogens is 1. The first kappa shape index (κ1) is 23.4. The molecule has 1 heterocycles. The second-order valence-electron chi connectivity index (χ2n) is 7.27. The van der Waals surface area contributed by atoms with Crippen molar-refractivity contribution in [1.82, 2.24) is 4.57 Å². The first-order chi connectivity index (χ1) is 14.0. The van der Waals surface area contributed by atoms with Crippen LogP contribution in [0.3, 0.4) is 0 Å². The third kappa shape index (κ3) is 4.83. The number of hydrogen-bond acceptors (Lipinski definition) is 5. The van der Waals surface area contributed by atoms with Crippen molar-refractivity contribution in [3.05, 3.63) is 64.6 Å². The fourth-order valence-electron chi connectivity index (χ4n) is 3.46. The lowest BCUT2D eigenvalue weighted by Gasteiger charge is -2.21. The maximum absolute atomic E-state index is 13.2. The minimum atomic E-state index is -0.469. The van der Waals surface area contributed by atoms with Crippen molar-refractivity contribution >= 4 is 29.1 Å². The van der Waals surface area contributed by atoms with Gasteiger partial charge in [-0.05, 0) is 29.7 Å². The first-order valence-corrected chi connectivity index (χ1v) is 9.60. The van der Waals surface area contributed by atoms with E-state index in [0.29, 0.717) is 23.6 Å². The van der Waals surface area contributed by atoms with E-state index in [-0.39, 0.29) is 31.1 Å². The zero-order valence-electron chi connectivity index (χ0n) is 17.4. The fraction of sp³-hybridized carbons (Fsp3) is 0.304. The van der Waals surface area contributed by atoms with Crippen molar-refractivity contribution in [3.8, 4) is 16.9 Å². The van der Waals surface area contributed by atoms with Crippen LogP contribution in [0.25, 0.3) is 21.9 Å². The molecule has 6 nitrogen and oxygen atoms in total. The van der Waals surface area contributed by atoms with Gasteiger partial charge in [-0.25, -0.2) is 4.79 Å². The molecule has 0 bridgehead atoms. The number of methoxy groups -OCH3 is 1. The summed E-state index contributed by atoms with van der Waals surface area (Å²) in [6.45, 7) is 4.76. The number of benzene rings is 2. The van der Waals surface area contributed by atoms with Crippen LogP contribution in [-0.4, -0.2) is 24.3 Å². The number of fused-ring (bicyclic) bond motifs is 1. The van der Waals surface area contributed by atoms with E-state index < -0.39 is 5.97 Å². The Kier molecular flexibility index (Phi) is 8.03. The Hall–Kier alpha value is -2.83. The molecule has 0 unspecified atom stereocenters. The van der Waals surface area contributed by atoms with Gasteiger partial charge in [-0.15, -0.1) is 12.4 Å². The lowest BCUT2D eigenvalue weighted by molar-refractivity contribution is -0.142. The van der Waals surface area contributed by atoms with Crippen LogP contribution in [0.2, 0.25) is 0 Å². The summed E-state index contributed by atoms with van der Waals surface area (Å²) in [4.78, 5) is 24.7. The van der Waals surface area contributed by atoms with Gasteiger partial charge in [0.15, 0.2) is 6.61 Å². The molecule has 0 spiro atoms. The molecule has 0 aliphatic heterocycles. The summed E-state index contributed by atoms with van der Waals surface area (Å²) in [5.41, 5.74) is 8.72. The number of pyridine rings is 1. The van der Waals surface area contributed by atoms with Crippen LogP contribution in [0.5, 0.6) is 5.75 Å². The van der Waals surface area contributed by atoms with Gasteiger partial charge in [-0.2, -0.15) is 0 Å². The summed E-state index contributed by atoms with van der Waals surface area (Å²) in [6.07, 6.45) is 0. The van der Waals surface area contributed by atoms with Crippen LogP contribution in [0.15, 0.2) is 53.3 Å². The number of carbonyl (C=O) groups excluding carboxylic acids is 1. The molecule has 160 valence electrons. The van der Waals surface area contributed by atoms with E-state index in [0.717, 1.165) is 22.2 Å². The van der Waals surface area contributed by atoms with Crippen LogP contribution in [-0.2, 0) is 22.6 Å². The third-order valence-corrected chi connectivity index (χ3v) is 4.74. The zero-order chi connectivity index (χ0) is 21.0. The molecule has 3 aromatic rings. The minimum absolute atomic E-state index is 0. The highest BCUT2D eigenvalue weighted by molar-refractivity contribution is 5.98. The number of ether oxygens (including phenoxy) is 2. The van der Waals surface area contributed by atoms with Gasteiger partial charge in [0.1, 0.15) is 5.75 Å². The third-order valence-electron chi connectivity index (χ3n) is 4.74. The Balaban J connectivity index is 0.00000320. The lowest BCUT2D eigenvalue weighted by Crippen LogP contribution is -2.28. The number of hydrogen-bond donors (Lipinski definition) is 1. The van der Waals surface area contributed by atoms with E-state index >= 15 is 0 Å². The van der Waals surface area contributed by atoms with Gasteiger partial charge in [0.25, 0.3) is 5.56 Å². The predicted octanol–water partition coefficient (Wildman–Crippen LogP) is 3.76. The summed E-state index contributed by atoms with van der Waals surface area (Å²) < 4.78 is 12.0. The molecule has 0 saturated carbocycles. The Bertz CT molecular complexity index is 1080. The SMILES string of the molecule is COC(=O)COc1ccc2c(=O)n(CC(C)C)c(CN)c(-c3ccccc3)c2c1.Cl. The average Bonchev–Trinajstić information content (AvgIpc) is 2.73. The standard InChI is InChI=1S/C23H26N2O4.ClH/c1-15(2)13-25-20(12-24)22(16-7-5-4-6-8-16)19-11-17(29-14-21(26)28-3)9-10-18(19)23(25)27;/h4-11,15H,12-14,24H2,1-3H3;1H. The number of rotatable bonds is 7. The second kappa shape index (κ2) is 10.3. The largest absolute Gasteiger partial charge is 0.482 e. The maximum atomic E-state index is 13.2. The van der Waals surface area contributed by atoms with E-state index in [9.17, 15) is 9.59 Å². The number of halogens is 1. The highest BCUT2D eigenvalue weighted by Crippen LogP contribution is 2.33. The van der Waals surface area contributed by atoms with Gasteiger partial charge in [-0.1, -0.05) is 44.2 Å². The second-order valence-corrected chi connectivity index (χ2v) is 7.27. The summed E-state index contributed by atoms with van der Waals surface area (Å²) in [6, 6.07) is 15.1. The van der Waals surface area contributed by atoms with Gasteiger partial charge in [0.2, 0.25) is 0 Å². The van der Waals surface area contributed by atoms with Crippen LogP contribution in [0.1, 0.15) is 19.5 Å². The summed E-state index contributed by atoms with van der Waals surface area (Å²) >= 11 is 0. The molecule has 0 aliphatic rings. The summed E-state index contributed by atoms with van der Waals surface area (Å²) in [7, 11) is 1.31. The van der Waals surface area contributed by atoms with Crippen molar-refractivity contribution in [3.63, 3.8) is 0 Å². The molecule has 0 radical (unpaired) electrons. The quantitative estimate of drug-likeness (QED) is 0.577. The molecule has 0 fully saturated rings. The molecule has 7 heteroatoms. The Labute approximate surface area is 182 Å². The van der Waals surface area contributed by atoms with Gasteiger partial charge >= 0.3 is 5.97 Å². The highest BCUT2D eigenvalue weighted by Gasteiger charge is 2.18. The average molecular weight is 431 g/mol. The van der Waals surface area contributed by atoms with E-state index in [1.54, 1.807) is 22.8 Å². The Morgan fingerprint density at radius 1 is 1.10 bits per heavy atom. The van der Waals surface area contributed by atoms with E-state index in [1.165, 1.54) is 7.11 Å². The molecule has 2 aromatic carbocycles. The Morgan fingerprint density at radius 3 is 2.40 bits per heavy atom. The molecular weight excluding hydrogens is 404 g/mol. The summed E-state index contributed by atoms with van der Waals surface area (Å²) in [5.74, 6) is 0.314. The van der Waals surface area contributed by atoms with E-state index in [4.69, 9.17) is 10.5 Å². The van der Waals surface area contributed by atoms with Crippen molar-refractivity contribution < 1.29 is 14.3 Å². The lowest BCUT2D eigenvalue weighted by atomic mass is 9.96. The molecule has 3 rings (SSSR count). The molecule has 2 N–H and O–H groups in total. The molecule has 0 aliphatic carbocycles. The van der Waals surface area contributed by atoms with Crippen LogP contribution >= 0.6 is 12.4 Å². The monoisotopic (exact) mass is 430 g/mol.